The fourth-order valence-electron chi connectivity index (χ4n) is 12.5. The third kappa shape index (κ3) is 6.92. The second-order valence-corrected chi connectivity index (χ2v) is 21.0. The predicted molar refractivity (Wildman–Crippen MR) is 210 cm³/mol. The van der Waals surface area contributed by atoms with Crippen LogP contribution in [0.1, 0.15) is 111 Å². The van der Waals surface area contributed by atoms with E-state index in [2.05, 4.69) is 23.2 Å². The fourth-order valence-corrected chi connectivity index (χ4v) is 15.1. The molecule has 2 saturated carbocycles. The number of quaternary nitrogens is 1. The van der Waals surface area contributed by atoms with Crippen LogP contribution in [0.15, 0.2) is 23.3 Å². The fraction of sp³-hybridized carbons (Fsp3) is 0.833. The molecule has 12 heteroatoms. The van der Waals surface area contributed by atoms with E-state index in [1.54, 1.807) is 0 Å². The number of carbonyl (C=O) groups excluding carboxylic acids is 3. The Morgan fingerprint density at radius 3 is 2.67 bits per heavy atom. The maximum Gasteiger partial charge on any atom is 0.334 e. The molecule has 5 aliphatic heterocycles. The number of aliphatic hydroxyl groups excluding tert-OH is 1. The van der Waals surface area contributed by atoms with Crippen LogP contribution >= 0.6 is 21.6 Å². The Morgan fingerprint density at radius 2 is 1.93 bits per heavy atom. The molecule has 12 unspecified atom stereocenters. The van der Waals surface area contributed by atoms with Crippen molar-refractivity contribution >= 4 is 39.4 Å². The van der Waals surface area contributed by atoms with Gasteiger partial charge in [-0.1, -0.05) is 58.6 Å². The van der Waals surface area contributed by atoms with E-state index in [9.17, 15) is 19.5 Å². The number of ether oxygens (including phenoxy) is 3. The van der Waals surface area contributed by atoms with Crippen molar-refractivity contribution in [3.05, 3.63) is 23.3 Å². The van der Waals surface area contributed by atoms with Gasteiger partial charge >= 0.3 is 11.9 Å². The average Bonchev–Trinajstić information content (AvgIpc) is 3.51. The molecule has 0 aromatic carbocycles. The summed E-state index contributed by atoms with van der Waals surface area (Å²) >= 11 is 0. The van der Waals surface area contributed by atoms with Crippen LogP contribution < -0.4 is 11.1 Å². The molecule has 54 heavy (non-hydrogen) atoms. The van der Waals surface area contributed by atoms with Gasteiger partial charge < -0.3 is 29.5 Å². The Bertz CT molecular complexity index is 1510. The zero-order valence-electron chi connectivity index (χ0n) is 32.7. The molecule has 5 saturated heterocycles. The number of piperidine rings is 1. The maximum atomic E-state index is 14.0. The predicted octanol–water partition coefficient (Wildman–Crippen LogP) is 4.89. The van der Waals surface area contributed by atoms with Gasteiger partial charge in [-0.05, 0) is 88.9 Å². The van der Waals surface area contributed by atoms with Gasteiger partial charge in [0.1, 0.15) is 23.5 Å². The summed E-state index contributed by atoms with van der Waals surface area (Å²) in [5.74, 6) is 2.04. The second kappa shape index (κ2) is 15.6. The number of fused-ring (bicyclic) bond motifs is 7. The van der Waals surface area contributed by atoms with Crippen molar-refractivity contribution in [2.45, 2.75) is 146 Å². The van der Waals surface area contributed by atoms with Gasteiger partial charge in [0.05, 0.1) is 18.6 Å². The first-order valence-electron chi connectivity index (χ1n) is 21.2. The van der Waals surface area contributed by atoms with Crippen LogP contribution in [-0.4, -0.2) is 94.7 Å². The van der Waals surface area contributed by atoms with Crippen molar-refractivity contribution < 1.29 is 39.0 Å². The first-order valence-corrected chi connectivity index (χ1v) is 23.7. The Hall–Kier alpha value is -1.57. The molecule has 12 atom stereocenters. The van der Waals surface area contributed by atoms with E-state index in [0.29, 0.717) is 37.3 Å². The minimum atomic E-state index is -0.950. The number of allylic oxidation sites excluding steroid dienone is 1. The lowest BCUT2D eigenvalue weighted by molar-refractivity contribution is -0.706. The molecule has 10 nitrogen and oxygen atoms in total. The lowest BCUT2D eigenvalue weighted by Crippen LogP contribution is -2.96. The maximum absolute atomic E-state index is 14.0. The molecule has 3 aliphatic carbocycles. The van der Waals surface area contributed by atoms with Crippen LogP contribution in [-0.2, 0) is 28.6 Å². The number of nitrogens with two attached hydrogens (primary N) is 2. The molecule has 8 rings (SSSR count). The molecule has 5 heterocycles. The number of esters is 2. The molecule has 8 aliphatic rings. The number of hydrogen-bond donors (Lipinski definition) is 3. The summed E-state index contributed by atoms with van der Waals surface area (Å²) in [6.45, 7) is 7.51. The molecule has 5 N–H and O–H groups in total. The number of aliphatic hydroxyl groups is 1. The van der Waals surface area contributed by atoms with Crippen LogP contribution in [0, 0.1) is 40.9 Å². The van der Waals surface area contributed by atoms with Gasteiger partial charge in [0.15, 0.2) is 0 Å². The van der Waals surface area contributed by atoms with Gasteiger partial charge in [0, 0.05) is 73.8 Å². The molecule has 300 valence electrons. The average molecular weight is 787 g/mol. The summed E-state index contributed by atoms with van der Waals surface area (Å²) in [7, 11) is 3.75. The van der Waals surface area contributed by atoms with Crippen LogP contribution in [0.3, 0.4) is 0 Å². The summed E-state index contributed by atoms with van der Waals surface area (Å²) in [6.07, 6.45) is 15.8. The van der Waals surface area contributed by atoms with Gasteiger partial charge in [-0.15, -0.1) is 0 Å². The Kier molecular flexibility index (Phi) is 11.4. The van der Waals surface area contributed by atoms with Crippen molar-refractivity contribution in [1.29, 1.82) is 0 Å². The smallest absolute Gasteiger partial charge is 0.334 e. The quantitative estimate of drug-likeness (QED) is 0.153. The summed E-state index contributed by atoms with van der Waals surface area (Å²) < 4.78 is 20.8. The third-order valence-corrected chi connectivity index (χ3v) is 18.2. The van der Waals surface area contributed by atoms with Gasteiger partial charge in [-0.3, -0.25) is 15.3 Å². The number of hydrogen-bond acceptors (Lipinski definition) is 10. The van der Waals surface area contributed by atoms with Crippen molar-refractivity contribution in [3.8, 4) is 0 Å². The second-order valence-electron chi connectivity index (χ2n) is 18.5. The van der Waals surface area contributed by atoms with E-state index in [-0.39, 0.29) is 83.7 Å². The van der Waals surface area contributed by atoms with Crippen LogP contribution in [0.5, 0.6) is 0 Å². The highest BCUT2D eigenvalue weighted by molar-refractivity contribution is 8.76. The summed E-state index contributed by atoms with van der Waals surface area (Å²) in [6, 6.07) is 0.317. The van der Waals surface area contributed by atoms with Gasteiger partial charge in [0.25, 0.3) is 0 Å². The van der Waals surface area contributed by atoms with Crippen LogP contribution in [0.2, 0.25) is 0 Å². The Labute approximate surface area is 329 Å². The van der Waals surface area contributed by atoms with E-state index in [1.807, 2.05) is 41.5 Å². The van der Waals surface area contributed by atoms with Crippen molar-refractivity contribution in [1.82, 2.24) is 4.90 Å². The van der Waals surface area contributed by atoms with E-state index in [1.165, 1.54) is 12.0 Å². The standard InChI is InChI=1S/C42H63N3O7S2/c1-4-25(2)38(48)52-40(3)12-8-26-23-53-54-24-30-9-14-45(30)36(47)18-29-22-44-35(43)19-31(29)37(26)42(40)21-28-16-27-17-32(39(49)50-33(27)20-34(28)51-42)41(13-15-46)10-6-5-7-11-41/h4,8,27-35,37,44,46H,5-7,9-24,43H2,1-3H3/p+1. The largest absolute Gasteiger partial charge is 0.462 e. The van der Waals surface area contributed by atoms with E-state index in [4.69, 9.17) is 19.9 Å². The highest BCUT2D eigenvalue weighted by atomic mass is 33.1. The van der Waals surface area contributed by atoms with Crippen molar-refractivity contribution in [2.75, 3.05) is 31.2 Å². The van der Waals surface area contributed by atoms with Crippen molar-refractivity contribution in [3.63, 3.8) is 0 Å². The van der Waals surface area contributed by atoms with Gasteiger partial charge in [-0.2, -0.15) is 0 Å². The summed E-state index contributed by atoms with van der Waals surface area (Å²) in [4.78, 5) is 43.8. The first kappa shape index (κ1) is 39.3. The molecular weight excluding hydrogens is 723 g/mol. The highest BCUT2D eigenvalue weighted by Crippen LogP contribution is 2.62. The number of nitrogens with zero attached hydrogens (tertiary/aromatic N) is 1. The molecule has 0 aromatic heterocycles. The SMILES string of the molecule is CC=C(C)C(=O)OC1(C)CC=C2CSSCC3CCN3C(=O)CC3C[NH2+]C(N)CC3C2C12CC1CC3CC(C4(CCO)CCCCC4)C(=O)OC3CC1O2. The molecule has 7 fully saturated rings. The molecule has 0 aromatic rings. The monoisotopic (exact) mass is 786 g/mol. The molecule has 1 amide bonds. The first-order chi connectivity index (χ1) is 26.0. The Balaban J connectivity index is 1.16. The third-order valence-electron chi connectivity index (χ3n) is 15.8. The summed E-state index contributed by atoms with van der Waals surface area (Å²) in [5, 5.41) is 12.4. The summed E-state index contributed by atoms with van der Waals surface area (Å²) in [5.41, 5.74) is 6.77. The molecular formula is C42H64N3O7S2+. The minimum Gasteiger partial charge on any atom is -0.462 e. The highest BCUT2D eigenvalue weighted by Gasteiger charge is 2.68. The minimum absolute atomic E-state index is 0.0785. The lowest BCUT2D eigenvalue weighted by Gasteiger charge is -2.56. The van der Waals surface area contributed by atoms with E-state index >= 15 is 0 Å². The number of rotatable bonds is 5. The number of amides is 1. The molecule has 1 spiro atoms. The zero-order chi connectivity index (χ0) is 37.8. The van der Waals surface area contributed by atoms with Gasteiger partial charge in [-0.25, -0.2) is 4.79 Å². The van der Waals surface area contributed by atoms with Crippen LogP contribution in [0.25, 0.3) is 0 Å². The van der Waals surface area contributed by atoms with E-state index < -0.39 is 11.2 Å². The zero-order valence-corrected chi connectivity index (χ0v) is 34.3. The van der Waals surface area contributed by atoms with Crippen molar-refractivity contribution in [2.24, 2.45) is 46.7 Å². The number of carbonyl (C=O) groups is 3. The normalized spacial score (nSPS) is 43.8. The van der Waals surface area contributed by atoms with Gasteiger partial charge in [0.2, 0.25) is 5.91 Å². The van der Waals surface area contributed by atoms with Crippen LogP contribution in [0.4, 0.5) is 0 Å². The molecule has 0 radical (unpaired) electrons. The van der Waals surface area contributed by atoms with E-state index in [0.717, 1.165) is 82.4 Å². The molecule has 0 bridgehead atoms. The lowest BCUT2D eigenvalue weighted by atomic mass is 9.55. The Morgan fingerprint density at radius 1 is 1.11 bits per heavy atom. The topological polar surface area (TPSA) is 145 Å².